The third kappa shape index (κ3) is 1.61. The highest BCUT2D eigenvalue weighted by molar-refractivity contribution is 5.78. The zero-order chi connectivity index (χ0) is 12.7. The van der Waals surface area contributed by atoms with E-state index in [1.165, 1.54) is 0 Å². The van der Waals surface area contributed by atoms with Crippen LogP contribution in [0.3, 0.4) is 0 Å². The highest BCUT2D eigenvalue weighted by Crippen LogP contribution is 2.66. The molecule has 0 aromatic rings. The molecule has 0 aromatic heterocycles. The van der Waals surface area contributed by atoms with Gasteiger partial charge in [-0.1, -0.05) is 13.8 Å². The molecule has 2 saturated carbocycles. The van der Waals surface area contributed by atoms with Gasteiger partial charge in [-0.2, -0.15) is 0 Å². The van der Waals surface area contributed by atoms with Crippen molar-refractivity contribution < 1.29 is 19.4 Å². The van der Waals surface area contributed by atoms with Crippen LogP contribution in [0, 0.1) is 16.7 Å². The Morgan fingerprint density at radius 3 is 2.65 bits per heavy atom. The first-order chi connectivity index (χ1) is 7.96. The number of fused-ring (bicyclic) bond motifs is 2. The van der Waals surface area contributed by atoms with Crippen molar-refractivity contribution in [1.82, 2.24) is 0 Å². The van der Waals surface area contributed by atoms with Crippen molar-refractivity contribution in [3.8, 4) is 0 Å². The summed E-state index contributed by atoms with van der Waals surface area (Å²) in [5.74, 6) is -0.212. The van der Waals surface area contributed by atoms with E-state index >= 15 is 0 Å². The number of carboxylic acid groups (broad SMARTS) is 1. The maximum atomic E-state index is 11.7. The van der Waals surface area contributed by atoms with E-state index in [2.05, 4.69) is 13.8 Å². The molecule has 0 unspecified atom stereocenters. The Morgan fingerprint density at radius 1 is 1.41 bits per heavy atom. The van der Waals surface area contributed by atoms with Crippen LogP contribution in [0.1, 0.15) is 33.1 Å². The molecule has 0 spiro atoms. The number of rotatable bonds is 5. The molecule has 4 heteroatoms. The van der Waals surface area contributed by atoms with Gasteiger partial charge in [-0.3, -0.25) is 4.79 Å². The lowest BCUT2D eigenvalue weighted by atomic mass is 9.68. The van der Waals surface area contributed by atoms with Gasteiger partial charge in [0.2, 0.25) is 0 Å². The summed E-state index contributed by atoms with van der Waals surface area (Å²) in [5, 5.41) is 9.64. The second-order valence-electron chi connectivity index (χ2n) is 5.82. The molecule has 0 amide bonds. The number of hydrogen-bond donors (Lipinski definition) is 1. The summed E-state index contributed by atoms with van der Waals surface area (Å²) in [5.41, 5.74) is -0.845. The van der Waals surface area contributed by atoms with Gasteiger partial charge in [-0.15, -0.1) is 0 Å². The van der Waals surface area contributed by atoms with E-state index in [1.54, 1.807) is 7.11 Å². The normalized spacial score (nSPS) is 38.5. The van der Waals surface area contributed by atoms with Crippen LogP contribution in [0.4, 0.5) is 0 Å². The van der Waals surface area contributed by atoms with Crippen LogP contribution in [0.25, 0.3) is 0 Å². The molecule has 0 aliphatic heterocycles. The molecule has 0 radical (unpaired) electrons. The molecule has 98 valence electrons. The SMILES string of the molecule is COCCO[C@@H]1C[C@H]2CC[C@]1(C(=O)O)C2(C)C. The molecular weight excluding hydrogens is 220 g/mol. The molecule has 2 fully saturated rings. The lowest BCUT2D eigenvalue weighted by Gasteiger charge is -2.38. The zero-order valence-electron chi connectivity index (χ0n) is 10.9. The first-order valence-electron chi connectivity index (χ1n) is 6.30. The monoisotopic (exact) mass is 242 g/mol. The van der Waals surface area contributed by atoms with Crippen LogP contribution in [-0.2, 0) is 14.3 Å². The topological polar surface area (TPSA) is 55.8 Å². The molecule has 1 N–H and O–H groups in total. The van der Waals surface area contributed by atoms with Crippen molar-refractivity contribution in [3.05, 3.63) is 0 Å². The molecule has 3 atom stereocenters. The minimum absolute atomic E-state index is 0.149. The molecule has 2 rings (SSSR count). The number of ether oxygens (including phenoxy) is 2. The number of methoxy groups -OCH3 is 1. The summed E-state index contributed by atoms with van der Waals surface area (Å²) in [7, 11) is 1.63. The number of carbonyl (C=O) groups is 1. The molecule has 0 saturated heterocycles. The predicted octanol–water partition coefficient (Wildman–Crippen LogP) is 1.93. The second kappa shape index (κ2) is 4.25. The fraction of sp³-hybridized carbons (Fsp3) is 0.923. The summed E-state index contributed by atoms with van der Waals surface area (Å²) < 4.78 is 10.7. The average Bonchev–Trinajstić information content (AvgIpc) is 2.64. The van der Waals surface area contributed by atoms with Crippen LogP contribution in [0.2, 0.25) is 0 Å². The fourth-order valence-corrected chi connectivity index (χ4v) is 3.90. The van der Waals surface area contributed by atoms with Gasteiger partial charge in [0.05, 0.1) is 24.7 Å². The van der Waals surface area contributed by atoms with Gasteiger partial charge in [-0.05, 0) is 30.6 Å². The average molecular weight is 242 g/mol. The lowest BCUT2D eigenvalue weighted by molar-refractivity contribution is -0.166. The Hall–Kier alpha value is -0.610. The van der Waals surface area contributed by atoms with Crippen LogP contribution in [-0.4, -0.2) is 37.5 Å². The largest absolute Gasteiger partial charge is 0.481 e. The van der Waals surface area contributed by atoms with Gasteiger partial charge in [0.25, 0.3) is 0 Å². The van der Waals surface area contributed by atoms with Gasteiger partial charge < -0.3 is 14.6 Å². The number of hydrogen-bond acceptors (Lipinski definition) is 3. The van der Waals surface area contributed by atoms with Crippen LogP contribution < -0.4 is 0 Å². The van der Waals surface area contributed by atoms with Crippen molar-refractivity contribution in [3.63, 3.8) is 0 Å². The Bertz CT molecular complexity index is 313. The van der Waals surface area contributed by atoms with Gasteiger partial charge >= 0.3 is 5.97 Å². The summed E-state index contributed by atoms with van der Waals surface area (Å²) >= 11 is 0. The maximum Gasteiger partial charge on any atom is 0.312 e. The van der Waals surface area contributed by atoms with Crippen LogP contribution in [0.15, 0.2) is 0 Å². The molecule has 2 bridgehead atoms. The van der Waals surface area contributed by atoms with E-state index in [0.717, 1.165) is 19.3 Å². The highest BCUT2D eigenvalue weighted by atomic mass is 16.5. The molecule has 0 aromatic carbocycles. The van der Waals surface area contributed by atoms with Crippen LogP contribution >= 0.6 is 0 Å². The minimum Gasteiger partial charge on any atom is -0.481 e. The minimum atomic E-state index is -0.690. The van der Waals surface area contributed by atoms with Gasteiger partial charge in [0.15, 0.2) is 0 Å². The second-order valence-corrected chi connectivity index (χ2v) is 5.82. The Morgan fingerprint density at radius 2 is 2.12 bits per heavy atom. The van der Waals surface area contributed by atoms with E-state index in [4.69, 9.17) is 9.47 Å². The fourth-order valence-electron chi connectivity index (χ4n) is 3.90. The highest BCUT2D eigenvalue weighted by Gasteiger charge is 2.68. The Kier molecular flexibility index (Phi) is 3.21. The van der Waals surface area contributed by atoms with Gasteiger partial charge in [0.1, 0.15) is 0 Å². The molecule has 17 heavy (non-hydrogen) atoms. The quantitative estimate of drug-likeness (QED) is 0.748. The van der Waals surface area contributed by atoms with Crippen molar-refractivity contribution in [1.29, 1.82) is 0 Å². The van der Waals surface area contributed by atoms with Gasteiger partial charge in [0, 0.05) is 7.11 Å². The van der Waals surface area contributed by atoms with E-state index < -0.39 is 11.4 Å². The predicted molar refractivity (Wildman–Crippen MR) is 62.8 cm³/mol. The van der Waals surface area contributed by atoms with Gasteiger partial charge in [-0.25, -0.2) is 0 Å². The lowest BCUT2D eigenvalue weighted by Crippen LogP contribution is -2.47. The maximum absolute atomic E-state index is 11.7. The number of carboxylic acids is 1. The molecular formula is C13H22O4. The molecule has 4 nitrogen and oxygen atoms in total. The summed E-state index contributed by atoms with van der Waals surface area (Å²) in [6.45, 7) is 5.17. The summed E-state index contributed by atoms with van der Waals surface area (Å²) in [6.07, 6.45) is 2.49. The molecule has 0 heterocycles. The smallest absolute Gasteiger partial charge is 0.312 e. The Labute approximate surface area is 102 Å². The van der Waals surface area contributed by atoms with E-state index in [1.807, 2.05) is 0 Å². The van der Waals surface area contributed by atoms with E-state index in [-0.39, 0.29) is 11.5 Å². The Balaban J connectivity index is 2.17. The van der Waals surface area contributed by atoms with Crippen molar-refractivity contribution in [2.24, 2.45) is 16.7 Å². The van der Waals surface area contributed by atoms with Crippen molar-refractivity contribution in [2.75, 3.05) is 20.3 Å². The van der Waals surface area contributed by atoms with Crippen molar-refractivity contribution in [2.45, 2.75) is 39.2 Å². The zero-order valence-corrected chi connectivity index (χ0v) is 10.9. The van der Waals surface area contributed by atoms with Crippen LogP contribution in [0.5, 0.6) is 0 Å². The standard InChI is InChI=1S/C13H22O4/c1-12(2)9-4-5-13(12,11(14)15)10(8-9)17-7-6-16-3/h9-10H,4-8H2,1-3H3,(H,14,15)/t9-,10-,13+/m1/s1. The number of aliphatic carboxylic acids is 1. The van der Waals surface area contributed by atoms with E-state index in [9.17, 15) is 9.90 Å². The third-order valence-corrected chi connectivity index (χ3v) is 5.09. The third-order valence-electron chi connectivity index (χ3n) is 5.09. The summed E-state index contributed by atoms with van der Waals surface area (Å²) in [4.78, 5) is 11.7. The molecule has 2 aliphatic carbocycles. The first-order valence-corrected chi connectivity index (χ1v) is 6.30. The first kappa shape index (κ1) is 12.8. The van der Waals surface area contributed by atoms with E-state index in [0.29, 0.717) is 19.1 Å². The van der Waals surface area contributed by atoms with Crippen molar-refractivity contribution >= 4 is 5.97 Å². The molecule has 2 aliphatic rings. The summed E-state index contributed by atoms with van der Waals surface area (Å²) in [6, 6.07) is 0.